The van der Waals surface area contributed by atoms with Gasteiger partial charge in [0.1, 0.15) is 5.75 Å². The maximum atomic E-state index is 13.6. The van der Waals surface area contributed by atoms with Crippen molar-refractivity contribution in [3.8, 4) is 5.75 Å². The second-order valence-corrected chi connectivity index (χ2v) is 11.1. The molecule has 1 aromatic heterocycles. The number of aromatic nitrogens is 1. The Morgan fingerprint density at radius 1 is 0.921 bits per heavy atom. The number of carbonyl (C=O) groups excluding carboxylic acids is 1. The van der Waals surface area contributed by atoms with E-state index in [0.29, 0.717) is 13.0 Å². The maximum absolute atomic E-state index is 13.6. The minimum atomic E-state index is -0.896. The third kappa shape index (κ3) is 8.05. The normalized spacial score (nSPS) is 17.6. The highest BCUT2D eigenvalue weighted by molar-refractivity contribution is 5.83. The van der Waals surface area contributed by atoms with Crippen molar-refractivity contribution in [3.05, 3.63) is 59.4 Å². The number of rotatable bonds is 12. The van der Waals surface area contributed by atoms with Crippen LogP contribution in [-0.4, -0.2) is 45.6 Å². The average Bonchev–Trinajstić information content (AvgIpc) is 2.95. The summed E-state index contributed by atoms with van der Waals surface area (Å²) in [5.74, 6) is -0.826. The van der Waals surface area contributed by atoms with Crippen LogP contribution < -0.4 is 4.74 Å². The molecule has 2 saturated carbocycles. The van der Waals surface area contributed by atoms with E-state index in [2.05, 4.69) is 22.9 Å². The molecule has 0 radical (unpaired) electrons. The van der Waals surface area contributed by atoms with E-state index in [1.54, 1.807) is 0 Å². The molecule has 0 bridgehead atoms. The van der Waals surface area contributed by atoms with Crippen LogP contribution in [-0.2, 0) is 28.9 Å². The molecule has 6 nitrogen and oxygen atoms in total. The summed E-state index contributed by atoms with van der Waals surface area (Å²) in [6, 6.07) is 12.3. The van der Waals surface area contributed by atoms with Crippen LogP contribution in [0.3, 0.4) is 0 Å². The summed E-state index contributed by atoms with van der Waals surface area (Å²) in [5, 5.41) is 10.00. The Hall–Kier alpha value is -2.89. The molecule has 0 spiro atoms. The lowest BCUT2D eigenvalue weighted by Crippen LogP contribution is -2.49. The number of hydrogen-bond donors (Lipinski definition) is 1. The van der Waals surface area contributed by atoms with Crippen LogP contribution in [0.4, 0.5) is 0 Å². The van der Waals surface area contributed by atoms with Crippen molar-refractivity contribution < 1.29 is 19.4 Å². The number of carboxylic acids is 1. The largest absolute Gasteiger partial charge is 0.493 e. The minimum Gasteiger partial charge on any atom is -0.493 e. The number of aliphatic carboxylic acids is 1. The maximum Gasteiger partial charge on any atom is 0.307 e. The van der Waals surface area contributed by atoms with E-state index in [-0.39, 0.29) is 24.4 Å². The molecule has 1 atom stereocenters. The van der Waals surface area contributed by atoms with Gasteiger partial charge >= 0.3 is 5.97 Å². The van der Waals surface area contributed by atoms with Gasteiger partial charge in [-0.15, -0.1) is 0 Å². The van der Waals surface area contributed by atoms with Gasteiger partial charge < -0.3 is 14.7 Å². The van der Waals surface area contributed by atoms with Gasteiger partial charge in [0.25, 0.3) is 0 Å². The van der Waals surface area contributed by atoms with Crippen LogP contribution in [0.25, 0.3) is 0 Å². The molecular weight excluding hydrogens is 476 g/mol. The standard InChI is InChI=1S/C32H44N2O4/c1-2-24-13-16-27(33-23-24)19-20-38-30-17-14-25(15-18-30)21-26(32(36)37)22-31(35)34(28-9-5-3-6-10-28)29-11-7-4-8-12-29/h13-18,23,26,28-29H,2-12,19-22H2,1H3,(H,36,37). The summed E-state index contributed by atoms with van der Waals surface area (Å²) in [6.45, 7) is 2.64. The molecule has 4 rings (SSSR count). The van der Waals surface area contributed by atoms with E-state index in [1.165, 1.54) is 44.1 Å². The Labute approximate surface area is 227 Å². The van der Waals surface area contributed by atoms with Crippen molar-refractivity contribution in [2.24, 2.45) is 5.92 Å². The Morgan fingerprint density at radius 2 is 1.53 bits per heavy atom. The smallest absolute Gasteiger partial charge is 0.307 e. The van der Waals surface area contributed by atoms with Crippen LogP contribution in [0, 0.1) is 5.92 Å². The predicted octanol–water partition coefficient (Wildman–Crippen LogP) is 6.39. The zero-order valence-corrected chi connectivity index (χ0v) is 22.9. The number of pyridine rings is 1. The lowest BCUT2D eigenvalue weighted by molar-refractivity contribution is -0.148. The van der Waals surface area contributed by atoms with Crippen molar-refractivity contribution in [1.82, 2.24) is 9.88 Å². The van der Waals surface area contributed by atoms with Crippen LogP contribution >= 0.6 is 0 Å². The van der Waals surface area contributed by atoms with E-state index < -0.39 is 11.9 Å². The highest BCUT2D eigenvalue weighted by atomic mass is 16.5. The van der Waals surface area contributed by atoms with Gasteiger partial charge in [-0.3, -0.25) is 14.6 Å². The number of hydrogen-bond acceptors (Lipinski definition) is 4. The van der Waals surface area contributed by atoms with Gasteiger partial charge in [-0.25, -0.2) is 0 Å². The van der Waals surface area contributed by atoms with Gasteiger partial charge in [-0.1, -0.05) is 63.6 Å². The molecule has 1 aromatic carbocycles. The average molecular weight is 521 g/mol. The monoisotopic (exact) mass is 520 g/mol. The summed E-state index contributed by atoms with van der Waals surface area (Å²) < 4.78 is 5.89. The van der Waals surface area contributed by atoms with Gasteiger partial charge in [0.05, 0.1) is 12.5 Å². The third-order valence-corrected chi connectivity index (χ3v) is 8.32. The highest BCUT2D eigenvalue weighted by Crippen LogP contribution is 2.31. The molecule has 6 heteroatoms. The lowest BCUT2D eigenvalue weighted by Gasteiger charge is -2.42. The van der Waals surface area contributed by atoms with E-state index >= 15 is 0 Å². The van der Waals surface area contributed by atoms with Crippen LogP contribution in [0.1, 0.15) is 94.4 Å². The van der Waals surface area contributed by atoms with Crippen molar-refractivity contribution in [1.29, 1.82) is 0 Å². The molecule has 206 valence electrons. The van der Waals surface area contributed by atoms with E-state index in [9.17, 15) is 14.7 Å². The molecule has 1 amide bonds. The predicted molar refractivity (Wildman–Crippen MR) is 149 cm³/mol. The summed E-state index contributed by atoms with van der Waals surface area (Å²) in [6.07, 6.45) is 15.4. The zero-order chi connectivity index (χ0) is 26.7. The molecule has 1 unspecified atom stereocenters. The molecular formula is C32H44N2O4. The van der Waals surface area contributed by atoms with Crippen LogP contribution in [0.5, 0.6) is 5.75 Å². The number of amides is 1. The molecule has 2 aliphatic rings. The first-order valence-corrected chi connectivity index (χ1v) is 14.7. The quantitative estimate of drug-likeness (QED) is 0.351. The molecule has 2 aromatic rings. The highest BCUT2D eigenvalue weighted by Gasteiger charge is 2.34. The molecule has 2 fully saturated rings. The number of carboxylic acid groups (broad SMARTS) is 1. The Kier molecular flexibility index (Phi) is 10.6. The SMILES string of the molecule is CCc1ccc(CCOc2ccc(CC(CC(=O)N(C3CCCCC3)C3CCCCC3)C(=O)O)cc2)nc1. The number of benzene rings is 1. The number of nitrogens with zero attached hydrogens (tertiary/aromatic N) is 2. The third-order valence-electron chi connectivity index (χ3n) is 8.32. The van der Waals surface area contributed by atoms with Gasteiger partial charge in [-0.05, 0) is 67.9 Å². The minimum absolute atomic E-state index is 0.0386. The summed E-state index contributed by atoms with van der Waals surface area (Å²) >= 11 is 0. The fourth-order valence-electron chi connectivity index (χ4n) is 6.08. The Bertz CT molecular complexity index is 991. The van der Waals surface area contributed by atoms with Crippen LogP contribution in [0.15, 0.2) is 42.6 Å². The second-order valence-electron chi connectivity index (χ2n) is 11.1. The first kappa shape index (κ1) is 28.1. The second kappa shape index (κ2) is 14.3. The first-order chi connectivity index (χ1) is 18.5. The van der Waals surface area contributed by atoms with E-state index in [4.69, 9.17) is 4.74 Å². The lowest BCUT2D eigenvalue weighted by atomic mass is 9.87. The van der Waals surface area contributed by atoms with Gasteiger partial charge in [0.2, 0.25) is 5.91 Å². The number of ether oxygens (including phenoxy) is 1. The summed E-state index contributed by atoms with van der Waals surface area (Å²) in [4.78, 5) is 32.4. The molecule has 38 heavy (non-hydrogen) atoms. The number of aryl methyl sites for hydroxylation is 1. The zero-order valence-electron chi connectivity index (χ0n) is 22.9. The first-order valence-electron chi connectivity index (χ1n) is 14.7. The van der Waals surface area contributed by atoms with Crippen molar-refractivity contribution in [2.45, 2.75) is 109 Å². The van der Waals surface area contributed by atoms with Gasteiger partial charge in [0, 0.05) is 36.8 Å². The Morgan fingerprint density at radius 3 is 2.05 bits per heavy atom. The molecule has 2 aliphatic carbocycles. The topological polar surface area (TPSA) is 79.7 Å². The summed E-state index contributed by atoms with van der Waals surface area (Å²) in [5.41, 5.74) is 3.14. The molecule has 0 aliphatic heterocycles. The van der Waals surface area contributed by atoms with Crippen molar-refractivity contribution >= 4 is 11.9 Å². The van der Waals surface area contributed by atoms with Gasteiger partial charge in [-0.2, -0.15) is 0 Å². The summed E-state index contributed by atoms with van der Waals surface area (Å²) in [7, 11) is 0. The van der Waals surface area contributed by atoms with Gasteiger partial charge in [0.15, 0.2) is 0 Å². The molecule has 1 heterocycles. The van der Waals surface area contributed by atoms with Crippen molar-refractivity contribution in [3.63, 3.8) is 0 Å². The Balaban J connectivity index is 1.32. The van der Waals surface area contributed by atoms with Crippen molar-refractivity contribution in [2.75, 3.05) is 6.61 Å². The van der Waals surface area contributed by atoms with E-state index in [0.717, 1.165) is 55.5 Å². The van der Waals surface area contributed by atoms with E-state index in [1.807, 2.05) is 36.5 Å². The fourth-order valence-corrected chi connectivity index (χ4v) is 6.08. The molecule has 1 N–H and O–H groups in total. The fraction of sp³-hybridized carbons (Fsp3) is 0.594. The number of carbonyl (C=O) groups is 2. The molecule has 0 saturated heterocycles. The van der Waals surface area contributed by atoms with Crippen LogP contribution in [0.2, 0.25) is 0 Å².